The number of hydrogen-bond acceptors (Lipinski definition) is 4. The highest BCUT2D eigenvalue weighted by atomic mass is 16.6. The van der Waals surface area contributed by atoms with E-state index in [1.54, 1.807) is 0 Å². The largest absolute Gasteiger partial charge is 0.491 e. The molecule has 2 saturated heterocycles. The van der Waals surface area contributed by atoms with E-state index >= 15 is 0 Å². The van der Waals surface area contributed by atoms with Crippen molar-refractivity contribution in [1.29, 1.82) is 0 Å². The Morgan fingerprint density at radius 1 is 1.00 bits per heavy atom. The van der Waals surface area contributed by atoms with Gasteiger partial charge in [0.15, 0.2) is 0 Å². The van der Waals surface area contributed by atoms with Crippen molar-refractivity contribution in [2.75, 3.05) is 19.8 Å². The van der Waals surface area contributed by atoms with Crippen LogP contribution in [0.2, 0.25) is 0 Å². The quantitative estimate of drug-likeness (QED) is 0.655. The fraction of sp³-hybridized carbons (Fsp3) is 0.316. The van der Waals surface area contributed by atoms with Gasteiger partial charge in [-0.05, 0) is 36.4 Å². The summed E-state index contributed by atoms with van der Waals surface area (Å²) in [5, 5.41) is 0. The Hall–Kier alpha value is -2.37. The van der Waals surface area contributed by atoms with Crippen LogP contribution in [0.15, 0.2) is 48.5 Å². The summed E-state index contributed by atoms with van der Waals surface area (Å²) in [6.45, 7) is 3.11. The van der Waals surface area contributed by atoms with Crippen molar-refractivity contribution < 1.29 is 14.2 Å². The van der Waals surface area contributed by atoms with Gasteiger partial charge in [0.05, 0.1) is 36.9 Å². The molecule has 2 unspecified atom stereocenters. The molecule has 5 nitrogen and oxygen atoms in total. The lowest BCUT2D eigenvalue weighted by molar-refractivity contribution is 0.263. The van der Waals surface area contributed by atoms with E-state index in [-0.39, 0.29) is 6.10 Å². The summed E-state index contributed by atoms with van der Waals surface area (Å²) in [6.07, 6.45) is 0.579. The van der Waals surface area contributed by atoms with Crippen molar-refractivity contribution in [2.24, 2.45) is 0 Å². The van der Waals surface area contributed by atoms with E-state index in [4.69, 9.17) is 19.2 Å². The number of aromatic nitrogens is 2. The molecule has 3 heterocycles. The Bertz CT molecular complexity index is 864. The summed E-state index contributed by atoms with van der Waals surface area (Å²) >= 11 is 0. The van der Waals surface area contributed by atoms with Gasteiger partial charge < -0.3 is 18.8 Å². The monoisotopic (exact) mass is 322 g/mol. The molecule has 2 aliphatic rings. The summed E-state index contributed by atoms with van der Waals surface area (Å²) in [7, 11) is 0. The molecule has 0 radical (unpaired) electrons. The number of benzene rings is 2. The van der Waals surface area contributed by atoms with Gasteiger partial charge in [-0.2, -0.15) is 0 Å². The summed E-state index contributed by atoms with van der Waals surface area (Å²) in [6, 6.07) is 16.4. The summed E-state index contributed by atoms with van der Waals surface area (Å²) in [5.74, 6) is 1.84. The van der Waals surface area contributed by atoms with Gasteiger partial charge in [0.2, 0.25) is 0 Å². The second-order valence-electron chi connectivity index (χ2n) is 6.28. The molecule has 0 aliphatic carbocycles. The first-order valence-electron chi connectivity index (χ1n) is 8.28. The van der Waals surface area contributed by atoms with Crippen LogP contribution in [0.4, 0.5) is 0 Å². The highest BCUT2D eigenvalue weighted by molar-refractivity contribution is 5.80. The Balaban J connectivity index is 1.47. The molecule has 2 aromatic carbocycles. The number of epoxide rings is 2. The average molecular weight is 322 g/mol. The van der Waals surface area contributed by atoms with Gasteiger partial charge in [-0.15, -0.1) is 0 Å². The zero-order valence-electron chi connectivity index (χ0n) is 13.2. The van der Waals surface area contributed by atoms with Crippen LogP contribution in [0.3, 0.4) is 0 Å². The molecule has 5 rings (SSSR count). The SMILES string of the molecule is c1ccc2c(c1)nc(-c1ccc(OCC3CO3)cc1)n2CC1CO1. The molecule has 122 valence electrons. The molecule has 1 aromatic heterocycles. The predicted octanol–water partition coefficient (Wildman–Crippen LogP) is 2.88. The second kappa shape index (κ2) is 5.61. The van der Waals surface area contributed by atoms with Crippen molar-refractivity contribution in [2.45, 2.75) is 18.8 Å². The normalized spacial score (nSPS) is 21.8. The Morgan fingerprint density at radius 2 is 1.75 bits per heavy atom. The van der Waals surface area contributed by atoms with Crippen LogP contribution >= 0.6 is 0 Å². The molecule has 0 bridgehead atoms. The molecule has 2 aliphatic heterocycles. The van der Waals surface area contributed by atoms with Crippen molar-refractivity contribution in [3.05, 3.63) is 48.5 Å². The van der Waals surface area contributed by atoms with Crippen LogP contribution < -0.4 is 4.74 Å². The van der Waals surface area contributed by atoms with Crippen LogP contribution in [0.25, 0.3) is 22.4 Å². The van der Waals surface area contributed by atoms with Gasteiger partial charge in [0, 0.05) is 5.56 Å². The fourth-order valence-corrected chi connectivity index (χ4v) is 2.91. The third-order valence-corrected chi connectivity index (χ3v) is 4.39. The molecule has 0 saturated carbocycles. The van der Waals surface area contributed by atoms with E-state index in [1.165, 1.54) is 0 Å². The summed E-state index contributed by atoms with van der Waals surface area (Å²) in [5.41, 5.74) is 3.25. The Kier molecular flexibility index (Phi) is 3.28. The third-order valence-electron chi connectivity index (χ3n) is 4.39. The number of nitrogens with zero attached hydrogens (tertiary/aromatic N) is 2. The van der Waals surface area contributed by atoms with Crippen LogP contribution in [-0.4, -0.2) is 41.6 Å². The third kappa shape index (κ3) is 2.77. The van der Waals surface area contributed by atoms with E-state index in [0.29, 0.717) is 12.7 Å². The molecule has 2 atom stereocenters. The molecule has 0 N–H and O–H groups in total. The molecular weight excluding hydrogens is 304 g/mol. The zero-order chi connectivity index (χ0) is 15.9. The van der Waals surface area contributed by atoms with E-state index < -0.39 is 0 Å². The van der Waals surface area contributed by atoms with E-state index in [1.807, 2.05) is 18.2 Å². The van der Waals surface area contributed by atoms with Crippen LogP contribution in [0.5, 0.6) is 5.75 Å². The Labute approximate surface area is 139 Å². The number of ether oxygens (including phenoxy) is 3. The fourth-order valence-electron chi connectivity index (χ4n) is 2.91. The van der Waals surface area contributed by atoms with E-state index in [9.17, 15) is 0 Å². The molecule has 0 amide bonds. The minimum absolute atomic E-state index is 0.271. The minimum Gasteiger partial charge on any atom is -0.491 e. The van der Waals surface area contributed by atoms with Crippen LogP contribution in [-0.2, 0) is 16.0 Å². The van der Waals surface area contributed by atoms with Crippen molar-refractivity contribution in [1.82, 2.24) is 9.55 Å². The lowest BCUT2D eigenvalue weighted by Crippen LogP contribution is -2.06. The first kappa shape index (κ1) is 14.0. The van der Waals surface area contributed by atoms with Crippen molar-refractivity contribution in [3.63, 3.8) is 0 Å². The van der Waals surface area contributed by atoms with E-state index in [2.05, 4.69) is 34.9 Å². The smallest absolute Gasteiger partial charge is 0.141 e. The highest BCUT2D eigenvalue weighted by Crippen LogP contribution is 2.28. The maximum absolute atomic E-state index is 5.71. The van der Waals surface area contributed by atoms with Gasteiger partial charge in [0.25, 0.3) is 0 Å². The summed E-state index contributed by atoms with van der Waals surface area (Å²) in [4.78, 5) is 4.82. The van der Waals surface area contributed by atoms with Crippen LogP contribution in [0.1, 0.15) is 0 Å². The second-order valence-corrected chi connectivity index (χ2v) is 6.28. The first-order chi connectivity index (χ1) is 11.9. The molecule has 5 heteroatoms. The van der Waals surface area contributed by atoms with Gasteiger partial charge >= 0.3 is 0 Å². The maximum Gasteiger partial charge on any atom is 0.141 e. The molecule has 2 fully saturated rings. The highest BCUT2D eigenvalue weighted by Gasteiger charge is 2.26. The molecule has 0 spiro atoms. The Morgan fingerprint density at radius 3 is 2.50 bits per heavy atom. The topological polar surface area (TPSA) is 52.1 Å². The first-order valence-corrected chi connectivity index (χ1v) is 8.28. The van der Waals surface area contributed by atoms with Crippen LogP contribution in [0, 0.1) is 0 Å². The predicted molar refractivity (Wildman–Crippen MR) is 90.1 cm³/mol. The van der Waals surface area contributed by atoms with E-state index in [0.717, 1.165) is 47.9 Å². The maximum atomic E-state index is 5.71. The van der Waals surface area contributed by atoms with Gasteiger partial charge in [-0.1, -0.05) is 12.1 Å². The molecule has 3 aromatic rings. The lowest BCUT2D eigenvalue weighted by Gasteiger charge is -2.09. The number of imidazole rings is 1. The van der Waals surface area contributed by atoms with Gasteiger partial charge in [-0.3, -0.25) is 0 Å². The van der Waals surface area contributed by atoms with Gasteiger partial charge in [-0.25, -0.2) is 4.98 Å². The number of hydrogen-bond donors (Lipinski definition) is 0. The number of para-hydroxylation sites is 2. The van der Waals surface area contributed by atoms with Gasteiger partial charge in [0.1, 0.15) is 24.3 Å². The zero-order valence-corrected chi connectivity index (χ0v) is 13.2. The standard InChI is InChI=1S/C19H18N2O3/c1-2-4-18-17(3-1)20-19(21(18)9-15-10-23-15)13-5-7-14(8-6-13)22-11-16-12-24-16/h1-8,15-16H,9-12H2. The average Bonchev–Trinajstić information content (AvgIpc) is 3.53. The molecular formula is C19H18N2O3. The van der Waals surface area contributed by atoms with Crippen molar-refractivity contribution >= 4 is 11.0 Å². The minimum atomic E-state index is 0.271. The number of fused-ring (bicyclic) bond motifs is 1. The summed E-state index contributed by atoms with van der Waals surface area (Å²) < 4.78 is 18.5. The number of rotatable bonds is 6. The van der Waals surface area contributed by atoms with Crippen molar-refractivity contribution in [3.8, 4) is 17.1 Å². The lowest BCUT2D eigenvalue weighted by atomic mass is 10.2. The molecule has 24 heavy (non-hydrogen) atoms.